The van der Waals surface area contributed by atoms with Gasteiger partial charge in [-0.25, -0.2) is 8.78 Å². The minimum atomic E-state index is -1.01. The molecule has 106 valence electrons. The van der Waals surface area contributed by atoms with Crippen LogP contribution < -0.4 is 5.32 Å². The molecule has 1 aromatic carbocycles. The van der Waals surface area contributed by atoms with E-state index in [9.17, 15) is 18.7 Å². The normalized spacial score (nSPS) is 22.5. The predicted molar refractivity (Wildman–Crippen MR) is 66.8 cm³/mol. The van der Waals surface area contributed by atoms with Crippen LogP contribution in [0.1, 0.15) is 6.42 Å². The predicted octanol–water partition coefficient (Wildman–Crippen LogP) is 1.45. The first-order valence-corrected chi connectivity index (χ1v) is 6.01. The van der Waals surface area contributed by atoms with Crippen molar-refractivity contribution in [1.82, 2.24) is 4.90 Å². The molecule has 0 bridgehead atoms. The molecule has 0 aliphatic carbocycles. The number of amides is 1. The maximum atomic E-state index is 13.5. The number of nitriles is 1. The third-order valence-corrected chi connectivity index (χ3v) is 3.39. The minimum Gasteiger partial charge on any atom is -0.503 e. The molecule has 0 spiro atoms. The summed E-state index contributed by atoms with van der Waals surface area (Å²) in [4.78, 5) is 13.7. The smallest absolute Gasteiger partial charge is 0.229 e. The summed E-state index contributed by atoms with van der Waals surface area (Å²) in [6.07, 6.45) is 0.316. The molecule has 1 heterocycles. The van der Waals surface area contributed by atoms with Gasteiger partial charge in [0.15, 0.2) is 17.4 Å². The molecular formula is C13H13F2N3O2. The van der Waals surface area contributed by atoms with Gasteiger partial charge in [-0.1, -0.05) is 0 Å². The summed E-state index contributed by atoms with van der Waals surface area (Å²) < 4.78 is 26.6. The molecular weight excluding hydrogens is 268 g/mol. The standard InChI is InChI=1S/C13H13F2N3O2/c1-18-6-7(4-8(18)5-16)13(20)17-11-9(14)2-3-10(15)12(11)19/h2-3,7-8,19H,4,6H2,1H3,(H,17,20). The highest BCUT2D eigenvalue weighted by atomic mass is 19.1. The molecule has 2 rings (SSSR count). The van der Waals surface area contributed by atoms with Crippen molar-refractivity contribution in [3.63, 3.8) is 0 Å². The van der Waals surface area contributed by atoms with Gasteiger partial charge in [-0.05, 0) is 25.6 Å². The molecule has 1 amide bonds. The van der Waals surface area contributed by atoms with Gasteiger partial charge in [-0.15, -0.1) is 0 Å². The fourth-order valence-electron chi connectivity index (χ4n) is 2.23. The number of halogens is 2. The molecule has 1 aromatic rings. The Bertz CT molecular complexity index is 586. The van der Waals surface area contributed by atoms with Gasteiger partial charge < -0.3 is 10.4 Å². The van der Waals surface area contributed by atoms with Crippen LogP contribution >= 0.6 is 0 Å². The van der Waals surface area contributed by atoms with Gasteiger partial charge in [0.25, 0.3) is 0 Å². The van der Waals surface area contributed by atoms with Crippen LogP contribution in [0.15, 0.2) is 12.1 Å². The zero-order chi connectivity index (χ0) is 14.9. The molecule has 1 fully saturated rings. The van der Waals surface area contributed by atoms with Crippen LogP contribution in [-0.4, -0.2) is 35.5 Å². The number of aromatic hydroxyl groups is 1. The first kappa shape index (κ1) is 14.2. The molecule has 2 atom stereocenters. The number of hydrogen-bond donors (Lipinski definition) is 2. The second-order valence-corrected chi connectivity index (χ2v) is 4.76. The second kappa shape index (κ2) is 5.43. The lowest BCUT2D eigenvalue weighted by molar-refractivity contribution is -0.119. The summed E-state index contributed by atoms with van der Waals surface area (Å²) in [6.45, 7) is 0.349. The van der Waals surface area contributed by atoms with E-state index < -0.39 is 34.9 Å². The Labute approximate surface area is 114 Å². The Morgan fingerprint density at radius 1 is 1.50 bits per heavy atom. The topological polar surface area (TPSA) is 76.4 Å². The first-order chi connectivity index (χ1) is 9.43. The van der Waals surface area contributed by atoms with E-state index in [0.29, 0.717) is 13.0 Å². The van der Waals surface area contributed by atoms with Crippen molar-refractivity contribution < 1.29 is 18.7 Å². The summed E-state index contributed by atoms with van der Waals surface area (Å²) >= 11 is 0. The fourth-order valence-corrected chi connectivity index (χ4v) is 2.23. The number of phenolic OH excluding ortho intramolecular Hbond substituents is 1. The number of phenols is 1. The Morgan fingerprint density at radius 2 is 2.15 bits per heavy atom. The average molecular weight is 281 g/mol. The highest BCUT2D eigenvalue weighted by molar-refractivity contribution is 5.94. The molecule has 0 aromatic heterocycles. The SMILES string of the molecule is CN1CC(C(=O)Nc2c(F)ccc(F)c2O)CC1C#N. The maximum Gasteiger partial charge on any atom is 0.229 e. The summed E-state index contributed by atoms with van der Waals surface area (Å²) in [6, 6.07) is 3.27. The average Bonchev–Trinajstić information content (AvgIpc) is 2.80. The number of benzene rings is 1. The highest BCUT2D eigenvalue weighted by Crippen LogP contribution is 2.31. The molecule has 20 heavy (non-hydrogen) atoms. The van der Waals surface area contributed by atoms with Crippen LogP contribution in [-0.2, 0) is 4.79 Å². The molecule has 0 radical (unpaired) electrons. The Hall–Kier alpha value is -2.20. The third kappa shape index (κ3) is 2.56. The molecule has 0 saturated carbocycles. The van der Waals surface area contributed by atoms with Gasteiger partial charge in [0.1, 0.15) is 5.69 Å². The van der Waals surface area contributed by atoms with Crippen LogP contribution in [0.4, 0.5) is 14.5 Å². The molecule has 5 nitrogen and oxygen atoms in total. The van der Waals surface area contributed by atoms with Crippen LogP contribution in [0, 0.1) is 28.9 Å². The van der Waals surface area contributed by atoms with Crippen LogP contribution in [0.5, 0.6) is 5.75 Å². The number of nitrogens with one attached hydrogen (secondary N) is 1. The van der Waals surface area contributed by atoms with E-state index in [2.05, 4.69) is 11.4 Å². The van der Waals surface area contributed by atoms with Crippen molar-refractivity contribution in [2.75, 3.05) is 18.9 Å². The zero-order valence-electron chi connectivity index (χ0n) is 10.7. The maximum absolute atomic E-state index is 13.5. The molecule has 1 aliphatic rings. The number of likely N-dealkylation sites (tertiary alicyclic amines) is 1. The summed E-state index contributed by atoms with van der Waals surface area (Å²) in [7, 11) is 1.71. The van der Waals surface area contributed by atoms with Gasteiger partial charge in [0.2, 0.25) is 5.91 Å². The molecule has 7 heteroatoms. The number of rotatable bonds is 2. The summed E-state index contributed by atoms with van der Waals surface area (Å²) in [5, 5.41) is 20.5. The lowest BCUT2D eigenvalue weighted by Gasteiger charge is -2.13. The number of hydrogen-bond acceptors (Lipinski definition) is 4. The van der Waals surface area contributed by atoms with Gasteiger partial charge in [0.05, 0.1) is 18.0 Å². The van der Waals surface area contributed by atoms with E-state index in [1.54, 1.807) is 11.9 Å². The van der Waals surface area contributed by atoms with E-state index in [1.807, 2.05) is 0 Å². The Kier molecular flexibility index (Phi) is 3.86. The largest absolute Gasteiger partial charge is 0.503 e. The fraction of sp³-hybridized carbons (Fsp3) is 0.385. The summed E-state index contributed by atoms with van der Waals surface area (Å²) in [5.74, 6) is -3.91. The lowest BCUT2D eigenvalue weighted by atomic mass is 10.1. The van der Waals surface area contributed by atoms with Crippen LogP contribution in [0.3, 0.4) is 0 Å². The van der Waals surface area contributed by atoms with Crippen molar-refractivity contribution in [2.45, 2.75) is 12.5 Å². The van der Waals surface area contributed by atoms with Crippen LogP contribution in [0.25, 0.3) is 0 Å². The van der Waals surface area contributed by atoms with Crippen molar-refractivity contribution in [2.24, 2.45) is 5.92 Å². The quantitative estimate of drug-likeness (QED) is 0.804. The Morgan fingerprint density at radius 3 is 2.75 bits per heavy atom. The van der Waals surface area contributed by atoms with Crippen molar-refractivity contribution in [3.05, 3.63) is 23.8 Å². The van der Waals surface area contributed by atoms with E-state index in [4.69, 9.17) is 5.26 Å². The number of nitrogens with zero attached hydrogens (tertiary/aromatic N) is 2. The lowest BCUT2D eigenvalue weighted by Crippen LogP contribution is -2.26. The number of carbonyl (C=O) groups excluding carboxylic acids is 1. The van der Waals surface area contributed by atoms with Crippen molar-refractivity contribution >= 4 is 11.6 Å². The second-order valence-electron chi connectivity index (χ2n) is 4.76. The molecule has 2 unspecified atom stereocenters. The van der Waals surface area contributed by atoms with E-state index >= 15 is 0 Å². The van der Waals surface area contributed by atoms with Crippen molar-refractivity contribution in [1.29, 1.82) is 5.26 Å². The van der Waals surface area contributed by atoms with Gasteiger partial charge in [-0.2, -0.15) is 5.26 Å². The zero-order valence-corrected chi connectivity index (χ0v) is 10.7. The van der Waals surface area contributed by atoms with Crippen molar-refractivity contribution in [3.8, 4) is 11.8 Å². The Balaban J connectivity index is 2.14. The summed E-state index contributed by atoms with van der Waals surface area (Å²) in [5.41, 5.74) is -0.571. The van der Waals surface area contributed by atoms with Gasteiger partial charge >= 0.3 is 0 Å². The van der Waals surface area contributed by atoms with E-state index in [-0.39, 0.29) is 6.04 Å². The molecule has 2 N–H and O–H groups in total. The third-order valence-electron chi connectivity index (χ3n) is 3.39. The highest BCUT2D eigenvalue weighted by Gasteiger charge is 2.34. The van der Waals surface area contributed by atoms with Gasteiger partial charge in [0, 0.05) is 6.54 Å². The van der Waals surface area contributed by atoms with Crippen LogP contribution in [0.2, 0.25) is 0 Å². The molecule has 1 saturated heterocycles. The molecule has 1 aliphatic heterocycles. The van der Waals surface area contributed by atoms with E-state index in [1.165, 1.54) is 0 Å². The number of anilines is 1. The first-order valence-electron chi connectivity index (χ1n) is 6.01. The van der Waals surface area contributed by atoms with Gasteiger partial charge in [-0.3, -0.25) is 9.69 Å². The number of carbonyl (C=O) groups is 1. The monoisotopic (exact) mass is 281 g/mol. The minimum absolute atomic E-state index is 0.316. The van der Waals surface area contributed by atoms with E-state index in [0.717, 1.165) is 12.1 Å².